The third-order valence-corrected chi connectivity index (χ3v) is 4.38. The van der Waals surface area contributed by atoms with E-state index in [1.54, 1.807) is 0 Å². The summed E-state index contributed by atoms with van der Waals surface area (Å²) in [6.45, 7) is 0. The Hall–Kier alpha value is 0.730. The van der Waals surface area contributed by atoms with E-state index in [-0.39, 0.29) is 0 Å². The average molecular weight is 178 g/mol. The Labute approximate surface area is 44.1 Å². The minimum absolute atomic E-state index is 0.970. The molecule has 0 amide bonds. The van der Waals surface area contributed by atoms with Gasteiger partial charge in [0, 0.05) is 3.42 Å². The summed E-state index contributed by atoms with van der Waals surface area (Å²) in [7, 11) is 0. The highest BCUT2D eigenvalue weighted by Gasteiger charge is 3.08. The Morgan fingerprint density at radius 1 is 1.20 bits per heavy atom. The average Bonchev–Trinajstić information content (AvgIpc) is 1.63. The van der Waals surface area contributed by atoms with Gasteiger partial charge in [-0.2, -0.15) is 0 Å². The molecule has 5 heavy (non-hydrogen) atoms. The van der Waals surface area contributed by atoms with Crippen molar-refractivity contribution in [2.24, 2.45) is 17.8 Å². The second kappa shape index (κ2) is 0.266. The molecule has 0 bridgehead atoms. The molecule has 4 fully saturated rings. The van der Waals surface area contributed by atoms with Crippen molar-refractivity contribution in [3.8, 4) is 0 Å². The molecule has 4 aliphatic rings. The topological polar surface area (TPSA) is 0 Å². The van der Waals surface area contributed by atoms with Crippen LogP contribution in [0.4, 0.5) is 0 Å². The molecule has 0 atom stereocenters. The zero-order valence-electron chi connectivity index (χ0n) is 2.61. The molecule has 0 aromatic heterocycles. The lowest BCUT2D eigenvalue weighted by atomic mass is 11.0. The molecule has 0 aromatic rings. The summed E-state index contributed by atoms with van der Waals surface area (Å²) in [5, 5.41) is 0. The van der Waals surface area contributed by atoms with Gasteiger partial charge in [-0.1, -0.05) is 22.6 Å². The first-order valence-electron chi connectivity index (χ1n) is 2.06. The largest absolute Gasteiger partial charge is 0.0779 e. The van der Waals surface area contributed by atoms with Gasteiger partial charge in [-0.3, -0.25) is 0 Å². The fraction of sp³-hybridized carbons (Fsp3) is 1.00. The Morgan fingerprint density at radius 2 is 1.40 bits per heavy atom. The molecule has 0 unspecified atom stereocenters. The molecule has 0 nitrogen and oxygen atoms in total. The highest BCUT2D eigenvalue weighted by atomic mass is 127. The van der Waals surface area contributed by atoms with Gasteiger partial charge in [0.05, 0.1) is 0 Å². The fourth-order valence-electron chi connectivity index (χ4n) is 1.25. The van der Waals surface area contributed by atoms with Gasteiger partial charge in [-0.15, -0.1) is 0 Å². The summed E-state index contributed by atoms with van der Waals surface area (Å²) >= 11 is 2.60. The second-order valence-corrected chi connectivity index (χ2v) is 4.27. The van der Waals surface area contributed by atoms with E-state index in [1.165, 1.54) is 17.8 Å². The maximum absolute atomic E-state index is 2.60. The van der Waals surface area contributed by atoms with Gasteiger partial charge in [-0.05, 0) is 17.8 Å². The smallest absolute Gasteiger partial charge is 0.0326 e. The summed E-state index contributed by atoms with van der Waals surface area (Å²) in [6.07, 6.45) is 0. The maximum Gasteiger partial charge on any atom is 0.0326 e. The zero-order chi connectivity index (χ0) is 3.23. The molecule has 0 aliphatic heterocycles. The first kappa shape index (κ1) is 2.15. The number of alkyl halides is 1. The van der Waals surface area contributed by atoms with Gasteiger partial charge in [-0.25, -0.2) is 0 Å². The van der Waals surface area contributed by atoms with Crippen LogP contribution < -0.4 is 0 Å². The Kier molecular flexibility index (Phi) is 0.114. The quantitative estimate of drug-likeness (QED) is 0.384. The summed E-state index contributed by atoms with van der Waals surface area (Å²) in [6, 6.07) is 0. The number of hydrogen-bond acceptors (Lipinski definition) is 0. The van der Waals surface area contributed by atoms with E-state index in [9.17, 15) is 0 Å². The van der Waals surface area contributed by atoms with Gasteiger partial charge in [0.15, 0.2) is 0 Å². The molecule has 4 rings (SSSR count). The standard InChI is InChI=1S/C4H3I/c5-4-1-2(4)3(1)4/h1-3H. The lowest BCUT2D eigenvalue weighted by Gasteiger charge is -1.52. The van der Waals surface area contributed by atoms with E-state index in [0.717, 1.165) is 3.42 Å². The van der Waals surface area contributed by atoms with Gasteiger partial charge in [0.25, 0.3) is 0 Å². The van der Waals surface area contributed by atoms with E-state index in [4.69, 9.17) is 0 Å². The van der Waals surface area contributed by atoms with Crippen LogP contribution in [0.25, 0.3) is 0 Å². The first-order valence-corrected chi connectivity index (χ1v) is 3.13. The molecule has 0 aromatic carbocycles. The van der Waals surface area contributed by atoms with Crippen LogP contribution in [-0.4, -0.2) is 3.42 Å². The van der Waals surface area contributed by atoms with Crippen molar-refractivity contribution in [2.75, 3.05) is 0 Å². The predicted molar refractivity (Wildman–Crippen MR) is 27.2 cm³/mol. The van der Waals surface area contributed by atoms with Crippen LogP contribution >= 0.6 is 22.6 Å². The van der Waals surface area contributed by atoms with E-state index in [2.05, 4.69) is 22.6 Å². The van der Waals surface area contributed by atoms with Crippen molar-refractivity contribution in [1.29, 1.82) is 0 Å². The number of rotatable bonds is 0. The summed E-state index contributed by atoms with van der Waals surface area (Å²) in [5.74, 6) is 3.80. The molecule has 0 N–H and O–H groups in total. The van der Waals surface area contributed by atoms with Crippen molar-refractivity contribution in [3.63, 3.8) is 0 Å². The van der Waals surface area contributed by atoms with E-state index >= 15 is 0 Å². The molecule has 4 aliphatic carbocycles. The Balaban J connectivity index is 2.55. The van der Waals surface area contributed by atoms with Gasteiger partial charge in [0.2, 0.25) is 0 Å². The minimum Gasteiger partial charge on any atom is -0.0779 e. The van der Waals surface area contributed by atoms with Crippen LogP contribution in [0.2, 0.25) is 0 Å². The van der Waals surface area contributed by atoms with Crippen molar-refractivity contribution < 1.29 is 0 Å². The second-order valence-electron chi connectivity index (χ2n) is 2.40. The maximum atomic E-state index is 2.60. The van der Waals surface area contributed by atoms with Crippen LogP contribution in [0.1, 0.15) is 0 Å². The Bertz CT molecular complexity index is 91.0. The van der Waals surface area contributed by atoms with Gasteiger partial charge in [0.1, 0.15) is 0 Å². The van der Waals surface area contributed by atoms with E-state index in [0.29, 0.717) is 0 Å². The van der Waals surface area contributed by atoms with Crippen LogP contribution in [0, 0.1) is 17.8 Å². The van der Waals surface area contributed by atoms with Gasteiger partial charge >= 0.3 is 0 Å². The third kappa shape index (κ3) is 0.0682. The van der Waals surface area contributed by atoms with Crippen LogP contribution in [-0.2, 0) is 0 Å². The molecule has 4 saturated carbocycles. The molecule has 1 heteroatoms. The summed E-state index contributed by atoms with van der Waals surface area (Å²) < 4.78 is 0.970. The lowest BCUT2D eigenvalue weighted by Crippen LogP contribution is -1.49. The fourth-order valence-corrected chi connectivity index (χ4v) is 3.03. The highest BCUT2D eigenvalue weighted by molar-refractivity contribution is 14.1. The molecule has 0 heterocycles. The predicted octanol–water partition coefficient (Wildman–Crippen LogP) is 1.05. The number of hydrogen-bond donors (Lipinski definition) is 0. The first-order chi connectivity index (χ1) is 2.37. The number of halogens is 1. The molecule has 0 spiro atoms. The third-order valence-electron chi connectivity index (χ3n) is 2.23. The van der Waals surface area contributed by atoms with Crippen LogP contribution in [0.3, 0.4) is 0 Å². The highest BCUT2D eigenvalue weighted by Crippen LogP contribution is 3.07. The molecule has 0 saturated heterocycles. The monoisotopic (exact) mass is 178 g/mol. The van der Waals surface area contributed by atoms with E-state index < -0.39 is 0 Å². The van der Waals surface area contributed by atoms with Crippen molar-refractivity contribution >= 4 is 22.6 Å². The zero-order valence-corrected chi connectivity index (χ0v) is 4.77. The van der Waals surface area contributed by atoms with Gasteiger partial charge < -0.3 is 0 Å². The summed E-state index contributed by atoms with van der Waals surface area (Å²) in [5.41, 5.74) is 0. The van der Waals surface area contributed by atoms with E-state index in [1.807, 2.05) is 0 Å². The molecule has 26 valence electrons. The Morgan fingerprint density at radius 3 is 1.40 bits per heavy atom. The lowest BCUT2D eigenvalue weighted by molar-refractivity contribution is 1.43. The van der Waals surface area contributed by atoms with Crippen molar-refractivity contribution in [2.45, 2.75) is 3.42 Å². The normalized spacial score (nSPS) is 104. The SMILES string of the molecule is IC12C3C1C32. The molecule has 0 radical (unpaired) electrons. The van der Waals surface area contributed by atoms with Crippen molar-refractivity contribution in [3.05, 3.63) is 0 Å². The molecular formula is C4H3I. The van der Waals surface area contributed by atoms with Crippen LogP contribution in [0.15, 0.2) is 0 Å². The molecular weight excluding hydrogens is 175 g/mol. The minimum atomic E-state index is 0.970. The summed E-state index contributed by atoms with van der Waals surface area (Å²) in [4.78, 5) is 0. The van der Waals surface area contributed by atoms with Crippen molar-refractivity contribution in [1.82, 2.24) is 0 Å². The van der Waals surface area contributed by atoms with Crippen LogP contribution in [0.5, 0.6) is 0 Å².